The molecule has 27 heavy (non-hydrogen) atoms. The maximum atomic E-state index is 12.9. The summed E-state index contributed by atoms with van der Waals surface area (Å²) in [6.07, 6.45) is 0. The molecule has 1 aromatic rings. The average Bonchev–Trinajstić information content (AvgIpc) is 3.03. The van der Waals surface area contributed by atoms with Crippen LogP contribution in [0, 0.1) is 0 Å². The van der Waals surface area contributed by atoms with Gasteiger partial charge in [0.25, 0.3) is 5.91 Å². The molecule has 1 unspecified atom stereocenters. The van der Waals surface area contributed by atoms with Gasteiger partial charge in [0.15, 0.2) is 0 Å². The van der Waals surface area contributed by atoms with E-state index < -0.39 is 17.9 Å². The molecule has 1 atom stereocenters. The normalized spacial score (nSPS) is 14.5. The van der Waals surface area contributed by atoms with E-state index in [-0.39, 0.29) is 30.6 Å². The minimum absolute atomic E-state index is 0.0219. The van der Waals surface area contributed by atoms with Crippen LogP contribution in [0.25, 0.3) is 0 Å². The third-order valence-corrected chi connectivity index (χ3v) is 4.47. The number of carbonyl (C=O) groups excluding carboxylic acids is 3. The second kappa shape index (κ2) is 8.72. The molecule has 4 amide bonds. The lowest BCUT2D eigenvalue weighted by Crippen LogP contribution is -2.46. The molecular weight excluding hydrogens is 376 g/mol. The summed E-state index contributed by atoms with van der Waals surface area (Å²) in [5.41, 5.74) is 0.576. The minimum Gasteiger partial charge on any atom is -0.480 e. The van der Waals surface area contributed by atoms with Gasteiger partial charge in [0.05, 0.1) is 10.7 Å². The second-order valence-electron chi connectivity index (χ2n) is 6.05. The first-order valence-electron chi connectivity index (χ1n) is 8.35. The number of halogens is 1. The van der Waals surface area contributed by atoms with Crippen LogP contribution in [0.1, 0.15) is 24.2 Å². The van der Waals surface area contributed by atoms with Crippen LogP contribution in [-0.2, 0) is 9.59 Å². The molecular formula is C17H21ClN4O5. The Morgan fingerprint density at radius 1 is 1.41 bits per heavy atom. The molecule has 1 heterocycles. The molecule has 0 saturated carbocycles. The van der Waals surface area contributed by atoms with E-state index in [9.17, 15) is 24.3 Å². The summed E-state index contributed by atoms with van der Waals surface area (Å²) in [5.74, 6) is -1.98. The van der Waals surface area contributed by atoms with E-state index in [1.807, 2.05) is 0 Å². The van der Waals surface area contributed by atoms with E-state index in [4.69, 9.17) is 11.6 Å². The molecule has 1 aliphatic heterocycles. The third-order valence-electron chi connectivity index (χ3n) is 4.15. The maximum Gasteiger partial charge on any atom is 0.326 e. The van der Waals surface area contributed by atoms with Crippen molar-refractivity contribution in [1.82, 2.24) is 15.5 Å². The quantitative estimate of drug-likeness (QED) is 0.633. The van der Waals surface area contributed by atoms with Gasteiger partial charge in [0, 0.05) is 38.7 Å². The first kappa shape index (κ1) is 20.5. The van der Waals surface area contributed by atoms with Crippen molar-refractivity contribution in [2.24, 2.45) is 0 Å². The zero-order valence-electron chi connectivity index (χ0n) is 15.0. The number of anilines is 1. The highest BCUT2D eigenvalue weighted by Gasteiger charge is 2.28. The molecule has 146 valence electrons. The van der Waals surface area contributed by atoms with Gasteiger partial charge in [-0.3, -0.25) is 14.5 Å². The van der Waals surface area contributed by atoms with E-state index in [2.05, 4.69) is 10.6 Å². The Morgan fingerprint density at radius 3 is 2.67 bits per heavy atom. The molecule has 2 rings (SSSR count). The van der Waals surface area contributed by atoms with Crippen molar-refractivity contribution >= 4 is 41.1 Å². The van der Waals surface area contributed by atoms with Crippen molar-refractivity contribution in [3.05, 3.63) is 28.8 Å². The molecule has 3 N–H and O–H groups in total. The Labute approximate surface area is 161 Å². The summed E-state index contributed by atoms with van der Waals surface area (Å²) in [6, 6.07) is 3.02. The molecule has 0 spiro atoms. The molecule has 1 saturated heterocycles. The summed E-state index contributed by atoms with van der Waals surface area (Å²) in [4.78, 5) is 49.8. The van der Waals surface area contributed by atoms with Gasteiger partial charge in [0.2, 0.25) is 5.91 Å². The number of nitrogens with zero attached hydrogens (tertiary/aromatic N) is 2. The first-order chi connectivity index (χ1) is 12.7. The van der Waals surface area contributed by atoms with Crippen LogP contribution in [0.5, 0.6) is 0 Å². The lowest BCUT2D eigenvalue weighted by atomic mass is 10.1. The Hall–Kier alpha value is -2.81. The summed E-state index contributed by atoms with van der Waals surface area (Å²) >= 11 is 6.17. The van der Waals surface area contributed by atoms with E-state index in [0.29, 0.717) is 23.8 Å². The smallest absolute Gasteiger partial charge is 0.326 e. The van der Waals surface area contributed by atoms with Gasteiger partial charge in [-0.1, -0.05) is 11.6 Å². The first-order valence-corrected chi connectivity index (χ1v) is 8.73. The topological polar surface area (TPSA) is 119 Å². The highest BCUT2D eigenvalue weighted by Crippen LogP contribution is 2.29. The number of benzene rings is 1. The number of urea groups is 1. The summed E-state index contributed by atoms with van der Waals surface area (Å²) in [5, 5.41) is 14.8. The fourth-order valence-corrected chi connectivity index (χ4v) is 2.90. The van der Waals surface area contributed by atoms with Crippen molar-refractivity contribution in [2.75, 3.05) is 31.1 Å². The summed E-state index contributed by atoms with van der Waals surface area (Å²) < 4.78 is 0. The second-order valence-corrected chi connectivity index (χ2v) is 6.45. The molecule has 0 aromatic heterocycles. The molecule has 9 nitrogen and oxygen atoms in total. The monoisotopic (exact) mass is 396 g/mol. The van der Waals surface area contributed by atoms with Gasteiger partial charge in [-0.2, -0.15) is 0 Å². The molecule has 0 aliphatic carbocycles. The van der Waals surface area contributed by atoms with Crippen molar-refractivity contribution in [3.63, 3.8) is 0 Å². The number of amides is 4. The molecule has 1 aliphatic rings. The largest absolute Gasteiger partial charge is 0.480 e. The number of carboxylic acid groups (broad SMARTS) is 1. The van der Waals surface area contributed by atoms with Gasteiger partial charge in [-0.15, -0.1) is 0 Å². The van der Waals surface area contributed by atoms with E-state index >= 15 is 0 Å². The lowest BCUT2D eigenvalue weighted by molar-refractivity contribution is -0.141. The van der Waals surface area contributed by atoms with Gasteiger partial charge in [0.1, 0.15) is 6.04 Å². The minimum atomic E-state index is -1.17. The number of aliphatic carboxylic acids is 1. The number of carboxylic acids is 1. The Kier molecular flexibility index (Phi) is 6.62. The SMILES string of the molecule is CC(=O)NCCN(C(=O)c1ccc(Cl)c(N2CCNC2=O)c1)C(C)C(=O)O. The zero-order chi connectivity index (χ0) is 20.1. The highest BCUT2D eigenvalue weighted by molar-refractivity contribution is 6.34. The summed E-state index contributed by atoms with van der Waals surface area (Å²) in [6.45, 7) is 3.74. The number of hydrogen-bond acceptors (Lipinski definition) is 4. The average molecular weight is 397 g/mol. The van der Waals surface area contributed by atoms with Gasteiger partial charge in [-0.05, 0) is 25.1 Å². The molecule has 0 bridgehead atoms. The summed E-state index contributed by atoms with van der Waals surface area (Å²) in [7, 11) is 0. The number of rotatable bonds is 7. The standard InChI is InChI=1S/C17H21ClN4O5/c1-10(16(25)26)21(7-5-19-11(2)23)15(24)12-3-4-13(18)14(9-12)22-8-6-20-17(22)27/h3-4,9-10H,5-8H2,1-2H3,(H,19,23)(H,20,27)(H,25,26). The van der Waals surface area contributed by atoms with Crippen LogP contribution in [-0.4, -0.2) is 66.0 Å². The van der Waals surface area contributed by atoms with Crippen molar-refractivity contribution in [2.45, 2.75) is 19.9 Å². The van der Waals surface area contributed by atoms with Gasteiger partial charge in [-0.25, -0.2) is 9.59 Å². The van der Waals surface area contributed by atoms with Gasteiger partial charge >= 0.3 is 12.0 Å². The lowest BCUT2D eigenvalue weighted by Gasteiger charge is -2.27. The highest BCUT2D eigenvalue weighted by atomic mass is 35.5. The number of hydrogen-bond donors (Lipinski definition) is 3. The van der Waals surface area contributed by atoms with E-state index in [0.717, 1.165) is 4.90 Å². The maximum absolute atomic E-state index is 12.9. The predicted octanol–water partition coefficient (Wildman–Crippen LogP) is 0.921. The third kappa shape index (κ3) is 4.88. The Morgan fingerprint density at radius 2 is 2.11 bits per heavy atom. The van der Waals surface area contributed by atoms with Crippen molar-refractivity contribution in [1.29, 1.82) is 0 Å². The molecule has 10 heteroatoms. The predicted molar refractivity (Wildman–Crippen MR) is 99.0 cm³/mol. The Balaban J connectivity index is 2.29. The number of carbonyl (C=O) groups is 4. The van der Waals surface area contributed by atoms with Crippen LogP contribution in [0.4, 0.5) is 10.5 Å². The van der Waals surface area contributed by atoms with Crippen LogP contribution in [0.3, 0.4) is 0 Å². The van der Waals surface area contributed by atoms with Crippen molar-refractivity contribution in [3.8, 4) is 0 Å². The van der Waals surface area contributed by atoms with Crippen LogP contribution in [0.2, 0.25) is 5.02 Å². The van der Waals surface area contributed by atoms with Crippen LogP contribution in [0.15, 0.2) is 18.2 Å². The number of nitrogens with one attached hydrogen (secondary N) is 2. The van der Waals surface area contributed by atoms with Crippen LogP contribution < -0.4 is 15.5 Å². The van der Waals surface area contributed by atoms with Gasteiger partial charge < -0.3 is 20.6 Å². The Bertz CT molecular complexity index is 770. The fraction of sp³-hybridized carbons (Fsp3) is 0.412. The molecule has 0 radical (unpaired) electrons. The van der Waals surface area contributed by atoms with Crippen LogP contribution >= 0.6 is 11.6 Å². The zero-order valence-corrected chi connectivity index (χ0v) is 15.7. The fourth-order valence-electron chi connectivity index (χ4n) is 2.68. The van der Waals surface area contributed by atoms with E-state index in [1.165, 1.54) is 36.9 Å². The molecule has 1 fully saturated rings. The van der Waals surface area contributed by atoms with E-state index in [1.54, 1.807) is 0 Å². The molecule has 1 aromatic carbocycles. The van der Waals surface area contributed by atoms with Crippen molar-refractivity contribution < 1.29 is 24.3 Å².